The molecule has 0 saturated carbocycles. The second-order valence-corrected chi connectivity index (χ2v) is 31.6. The summed E-state index contributed by atoms with van der Waals surface area (Å²) in [6, 6.07) is 109. The molecule has 0 aliphatic carbocycles. The summed E-state index contributed by atoms with van der Waals surface area (Å²) in [6.07, 6.45) is 0. The Morgan fingerprint density at radius 3 is 0.359 bits per heavy atom. The molecule has 0 spiro atoms. The molecule has 0 aromatic heterocycles. The Bertz CT molecular complexity index is 2170. The summed E-state index contributed by atoms with van der Waals surface area (Å²) >= 11 is -2.81. The van der Waals surface area contributed by atoms with Gasteiger partial charge in [-0.05, 0) is 0 Å². The van der Waals surface area contributed by atoms with Gasteiger partial charge in [-0.25, -0.2) is 0 Å². The Hall–Kier alpha value is -5.63. The summed E-state index contributed by atoms with van der Waals surface area (Å²) in [5.74, 6) is 0. The Kier molecular flexibility index (Phi) is 19.0. The molecule has 64 heavy (non-hydrogen) atoms. The van der Waals surface area contributed by atoms with Crippen molar-refractivity contribution in [3.8, 4) is 0 Å². The van der Waals surface area contributed by atoms with Gasteiger partial charge >= 0.3 is 407 Å². The van der Waals surface area contributed by atoms with E-state index in [1.54, 1.807) is 0 Å². The van der Waals surface area contributed by atoms with Gasteiger partial charge in [0, 0.05) is 0 Å². The van der Waals surface area contributed by atoms with Gasteiger partial charge in [0.25, 0.3) is 0 Å². The van der Waals surface area contributed by atoms with Crippen LogP contribution in [0.1, 0.15) is 0 Å². The van der Waals surface area contributed by atoms with E-state index in [2.05, 4.69) is 302 Å². The monoisotopic (exact) mass is 1070 g/mol. The normalized spacial score (nSPS) is 10.4. The predicted molar refractivity (Wildman–Crippen MR) is 284 cm³/mol. The van der Waals surface area contributed by atoms with Crippen molar-refractivity contribution in [1.82, 2.24) is 0 Å². The molecule has 10 rings (SSSR count). The van der Waals surface area contributed by atoms with E-state index in [0.29, 0.717) is 0 Å². The molecule has 0 aliphatic rings. The quantitative estimate of drug-likeness (QED) is 0.136. The van der Waals surface area contributed by atoms with Gasteiger partial charge in [0.15, 0.2) is 0 Å². The molecule has 0 N–H and O–H groups in total. The van der Waals surface area contributed by atoms with Crippen LogP contribution in [0.25, 0.3) is 0 Å². The summed E-state index contributed by atoms with van der Waals surface area (Å²) in [4.78, 5) is 0. The van der Waals surface area contributed by atoms with Gasteiger partial charge in [-0.1, -0.05) is 0 Å². The maximum atomic E-state index is 2.27. The molecule has 0 heterocycles. The molecule has 6 radical (unpaired) electrons. The molecule has 0 nitrogen and oxygen atoms in total. The van der Waals surface area contributed by atoms with Gasteiger partial charge in [0.05, 0.1) is 0 Å². The van der Waals surface area contributed by atoms with Crippen molar-refractivity contribution in [2.45, 2.75) is 0 Å². The standard InChI is InChI=1S/3C18H15Ge.C6H5Ge/c3*1-4-10-16(11-5-1)19(17-12-6-2-7-13-17)18-14-8-3-9-15-18;7-6-4-2-1-3-5-6/h3*1-15H;1-5H. The van der Waals surface area contributed by atoms with E-state index in [1.165, 1.54) is 44.0 Å². The average Bonchev–Trinajstić information content (AvgIpc) is 3.38. The van der Waals surface area contributed by atoms with Crippen LogP contribution in [0, 0.1) is 0 Å². The van der Waals surface area contributed by atoms with Crippen LogP contribution >= 0.6 is 0 Å². The first-order valence-corrected chi connectivity index (χ1v) is 32.1. The van der Waals surface area contributed by atoms with Crippen molar-refractivity contribution >= 4 is 104 Å². The minimum atomic E-state index is -1.63. The number of hydrogen-bond donors (Lipinski definition) is 0. The Morgan fingerprint density at radius 2 is 0.266 bits per heavy atom. The summed E-state index contributed by atoms with van der Waals surface area (Å²) in [7, 11) is 0. The van der Waals surface area contributed by atoms with Gasteiger partial charge in [0.1, 0.15) is 0 Å². The fraction of sp³-hybridized carbons (Fsp3) is 0. The molecule has 0 unspecified atom stereocenters. The Balaban J connectivity index is 0.000000133. The first-order valence-electron chi connectivity index (χ1n) is 21.6. The summed E-state index contributed by atoms with van der Waals surface area (Å²) in [5, 5.41) is 0. The van der Waals surface area contributed by atoms with E-state index >= 15 is 0 Å². The van der Waals surface area contributed by atoms with Gasteiger partial charge in [-0.2, -0.15) is 0 Å². The fourth-order valence-electron chi connectivity index (χ4n) is 7.38. The Labute approximate surface area is 403 Å². The van der Waals surface area contributed by atoms with Gasteiger partial charge < -0.3 is 0 Å². The van der Waals surface area contributed by atoms with Gasteiger partial charge in [-0.15, -0.1) is 0 Å². The van der Waals surface area contributed by atoms with E-state index < -0.39 is 43.0 Å². The van der Waals surface area contributed by atoms with Crippen molar-refractivity contribution < 1.29 is 0 Å². The number of hydrogen-bond acceptors (Lipinski definition) is 0. The topological polar surface area (TPSA) is 0 Å². The predicted octanol–water partition coefficient (Wildman–Crippen LogP) is 7.09. The molecule has 10 aromatic carbocycles. The molecular weight excluding hydrogens is 1010 g/mol. The molecule has 4 heteroatoms. The van der Waals surface area contributed by atoms with Crippen molar-refractivity contribution in [2.24, 2.45) is 0 Å². The van der Waals surface area contributed by atoms with Gasteiger partial charge in [-0.3, -0.25) is 0 Å². The second kappa shape index (κ2) is 26.2. The first kappa shape index (κ1) is 46.4. The van der Waals surface area contributed by atoms with Crippen LogP contribution in [0.2, 0.25) is 0 Å². The van der Waals surface area contributed by atoms with Crippen LogP contribution in [0.15, 0.2) is 303 Å². The Morgan fingerprint density at radius 1 is 0.156 bits per heavy atom. The fourth-order valence-corrected chi connectivity index (χ4v) is 24.0. The molecular formula is C60H50Ge4. The van der Waals surface area contributed by atoms with E-state index in [9.17, 15) is 0 Å². The van der Waals surface area contributed by atoms with Crippen molar-refractivity contribution in [3.05, 3.63) is 303 Å². The number of rotatable bonds is 9. The van der Waals surface area contributed by atoms with Crippen LogP contribution in [-0.4, -0.2) is 59.6 Å². The maximum absolute atomic E-state index is 2.27. The third-order valence-electron chi connectivity index (χ3n) is 10.3. The van der Waals surface area contributed by atoms with E-state index in [-0.39, 0.29) is 0 Å². The third-order valence-corrected chi connectivity index (χ3v) is 28.2. The van der Waals surface area contributed by atoms with Crippen LogP contribution in [0.3, 0.4) is 0 Å². The summed E-state index contributed by atoms with van der Waals surface area (Å²) < 4.78 is 14.8. The molecule has 10 aromatic rings. The number of benzene rings is 10. The van der Waals surface area contributed by atoms with E-state index in [4.69, 9.17) is 0 Å². The van der Waals surface area contributed by atoms with E-state index in [1.807, 2.05) is 18.2 Å². The van der Waals surface area contributed by atoms with Crippen molar-refractivity contribution in [3.63, 3.8) is 0 Å². The zero-order chi connectivity index (χ0) is 43.9. The molecule has 0 saturated heterocycles. The van der Waals surface area contributed by atoms with E-state index in [0.717, 1.165) is 0 Å². The van der Waals surface area contributed by atoms with Crippen molar-refractivity contribution in [2.75, 3.05) is 0 Å². The van der Waals surface area contributed by atoms with Crippen LogP contribution in [0.5, 0.6) is 0 Å². The van der Waals surface area contributed by atoms with Crippen molar-refractivity contribution in [1.29, 1.82) is 0 Å². The summed E-state index contributed by atoms with van der Waals surface area (Å²) in [6.45, 7) is 0. The van der Waals surface area contributed by atoms with Crippen LogP contribution in [0.4, 0.5) is 0 Å². The third kappa shape index (κ3) is 14.2. The molecule has 0 aliphatic heterocycles. The SMILES string of the molecule is [Ge][c]1ccccc1.c1cc[c]([Ge]([c]2ccccc2)[c]2ccccc2)cc1.c1cc[c]([Ge]([c]2ccccc2)[c]2ccccc2)cc1.c1cc[c]([Ge]([c]2ccccc2)[c]2ccccc2)cc1. The zero-order valence-electron chi connectivity index (χ0n) is 35.9. The molecule has 306 valence electrons. The molecule has 0 fully saturated rings. The first-order chi connectivity index (χ1) is 31.7. The second-order valence-electron chi connectivity index (χ2n) is 14.8. The minimum absolute atomic E-state index is 1.32. The zero-order valence-corrected chi connectivity index (χ0v) is 44.3. The van der Waals surface area contributed by atoms with Crippen LogP contribution in [-0.2, 0) is 0 Å². The average molecular weight is 1060 g/mol. The summed E-state index contributed by atoms with van der Waals surface area (Å²) in [5.41, 5.74) is 0. The van der Waals surface area contributed by atoms with Gasteiger partial charge in [0.2, 0.25) is 0 Å². The molecule has 0 atom stereocenters. The molecule has 0 bridgehead atoms. The van der Waals surface area contributed by atoms with Crippen LogP contribution < -0.4 is 44.0 Å². The molecule has 0 amide bonds.